The predicted octanol–water partition coefficient (Wildman–Crippen LogP) is 2.36. The smallest absolute Gasteiger partial charge is 0.320 e. The monoisotopic (exact) mass is 301 g/mol. The van der Waals surface area contributed by atoms with Gasteiger partial charge in [0.1, 0.15) is 0 Å². The van der Waals surface area contributed by atoms with Crippen LogP contribution in [0.4, 0.5) is 5.95 Å². The average Bonchev–Trinajstić information content (AvgIpc) is 2.83. The molecule has 0 unspecified atom stereocenters. The Morgan fingerprint density at radius 1 is 1.41 bits per heavy atom. The minimum Gasteiger partial charge on any atom is -0.465 e. The summed E-state index contributed by atoms with van der Waals surface area (Å²) in [5.74, 6) is -1.12. The van der Waals surface area contributed by atoms with Crippen LogP contribution in [0, 0.1) is 11.8 Å². The van der Waals surface area contributed by atoms with E-state index in [1.807, 2.05) is 42.7 Å². The van der Waals surface area contributed by atoms with Crippen molar-refractivity contribution in [3.8, 4) is 0 Å². The molecular weight excluding hydrogens is 282 g/mol. The second kappa shape index (κ2) is 5.44. The lowest BCUT2D eigenvalue weighted by atomic mass is 9.88. The number of carbonyl (C=O) groups is 2. The number of benzene rings is 1. The van der Waals surface area contributed by atoms with Crippen molar-refractivity contribution >= 4 is 28.9 Å². The summed E-state index contributed by atoms with van der Waals surface area (Å²) in [4.78, 5) is 29.1. The van der Waals surface area contributed by atoms with Crippen molar-refractivity contribution < 1.29 is 14.3 Å². The standard InChI is InChI=1S/C16H19N3O3/c1-4-22-15(21)12-13(9(2)3)19-11-8-6-5-7-10(11)17-16(19)18-14(12)20/h5-9,12-13H,4H2,1-3H3,(H,17,18,20)/t12-,13-/m0/s1. The molecule has 1 N–H and O–H groups in total. The number of fused-ring (bicyclic) bond motifs is 3. The normalized spacial score (nSPS) is 20.8. The third-order valence-electron chi connectivity index (χ3n) is 3.98. The van der Waals surface area contributed by atoms with Gasteiger partial charge in [0, 0.05) is 0 Å². The van der Waals surface area contributed by atoms with E-state index in [1.54, 1.807) is 6.92 Å². The topological polar surface area (TPSA) is 73.2 Å². The Morgan fingerprint density at radius 3 is 2.82 bits per heavy atom. The molecule has 0 aliphatic carbocycles. The summed E-state index contributed by atoms with van der Waals surface area (Å²) in [5.41, 5.74) is 1.71. The Bertz CT molecular complexity index is 735. The summed E-state index contributed by atoms with van der Waals surface area (Å²) < 4.78 is 7.05. The molecule has 2 atom stereocenters. The molecule has 0 saturated carbocycles. The van der Waals surface area contributed by atoms with Gasteiger partial charge in [0.15, 0.2) is 5.92 Å². The zero-order chi connectivity index (χ0) is 15.9. The van der Waals surface area contributed by atoms with Crippen LogP contribution in [0.5, 0.6) is 0 Å². The van der Waals surface area contributed by atoms with Crippen LogP contribution in [0.25, 0.3) is 11.0 Å². The van der Waals surface area contributed by atoms with Gasteiger partial charge in [0.2, 0.25) is 11.9 Å². The van der Waals surface area contributed by atoms with E-state index < -0.39 is 11.9 Å². The van der Waals surface area contributed by atoms with Gasteiger partial charge in [-0.3, -0.25) is 14.9 Å². The van der Waals surface area contributed by atoms with Gasteiger partial charge in [-0.05, 0) is 25.0 Å². The molecule has 0 saturated heterocycles. The van der Waals surface area contributed by atoms with Gasteiger partial charge < -0.3 is 9.30 Å². The molecule has 0 fully saturated rings. The van der Waals surface area contributed by atoms with E-state index in [0.717, 1.165) is 11.0 Å². The molecule has 116 valence electrons. The zero-order valence-electron chi connectivity index (χ0n) is 12.9. The van der Waals surface area contributed by atoms with Gasteiger partial charge in [-0.25, -0.2) is 4.98 Å². The van der Waals surface area contributed by atoms with Gasteiger partial charge in [-0.15, -0.1) is 0 Å². The Hall–Kier alpha value is -2.37. The van der Waals surface area contributed by atoms with Gasteiger partial charge in [0.05, 0.1) is 23.7 Å². The molecule has 0 bridgehead atoms. The highest BCUT2D eigenvalue weighted by Gasteiger charge is 2.44. The zero-order valence-corrected chi connectivity index (χ0v) is 12.9. The van der Waals surface area contributed by atoms with E-state index in [1.165, 1.54) is 0 Å². The number of anilines is 1. The van der Waals surface area contributed by atoms with E-state index in [9.17, 15) is 9.59 Å². The molecule has 1 aromatic carbocycles. The molecule has 6 heteroatoms. The molecule has 1 amide bonds. The van der Waals surface area contributed by atoms with E-state index in [2.05, 4.69) is 10.3 Å². The van der Waals surface area contributed by atoms with Gasteiger partial charge in [-0.1, -0.05) is 26.0 Å². The Morgan fingerprint density at radius 2 is 2.14 bits per heavy atom. The molecule has 2 aromatic rings. The van der Waals surface area contributed by atoms with Gasteiger partial charge in [0.25, 0.3) is 0 Å². The largest absolute Gasteiger partial charge is 0.465 e. The number of esters is 1. The van der Waals surface area contributed by atoms with Crippen LogP contribution in [0.2, 0.25) is 0 Å². The number of para-hydroxylation sites is 2. The second-order valence-electron chi connectivity index (χ2n) is 5.75. The molecular formula is C16H19N3O3. The molecule has 1 aliphatic rings. The Balaban J connectivity index is 2.17. The number of ether oxygens (including phenoxy) is 1. The number of aromatic nitrogens is 2. The highest BCUT2D eigenvalue weighted by Crippen LogP contribution is 2.38. The van der Waals surface area contributed by atoms with E-state index in [-0.39, 0.29) is 24.5 Å². The number of nitrogens with one attached hydrogen (secondary N) is 1. The third-order valence-corrected chi connectivity index (χ3v) is 3.98. The van der Waals surface area contributed by atoms with Crippen molar-refractivity contribution in [2.45, 2.75) is 26.8 Å². The van der Waals surface area contributed by atoms with Crippen LogP contribution >= 0.6 is 0 Å². The van der Waals surface area contributed by atoms with Crippen LogP contribution in [-0.4, -0.2) is 28.0 Å². The fourth-order valence-corrected chi connectivity index (χ4v) is 3.09. The Kier molecular flexibility index (Phi) is 3.60. The van der Waals surface area contributed by atoms with Crippen molar-refractivity contribution in [2.75, 3.05) is 11.9 Å². The summed E-state index contributed by atoms with van der Waals surface area (Å²) >= 11 is 0. The number of amides is 1. The van der Waals surface area contributed by atoms with Gasteiger partial charge >= 0.3 is 5.97 Å². The highest BCUT2D eigenvalue weighted by atomic mass is 16.5. The van der Waals surface area contributed by atoms with E-state index >= 15 is 0 Å². The van der Waals surface area contributed by atoms with Crippen molar-refractivity contribution in [1.82, 2.24) is 9.55 Å². The molecule has 1 aliphatic heterocycles. The summed E-state index contributed by atoms with van der Waals surface area (Å²) in [6.45, 7) is 5.98. The maximum Gasteiger partial charge on any atom is 0.320 e. The van der Waals surface area contributed by atoms with Crippen LogP contribution in [0.1, 0.15) is 26.8 Å². The first kappa shape index (κ1) is 14.6. The van der Waals surface area contributed by atoms with E-state index in [0.29, 0.717) is 5.95 Å². The first-order valence-electron chi connectivity index (χ1n) is 7.49. The van der Waals surface area contributed by atoms with Crippen LogP contribution < -0.4 is 5.32 Å². The SMILES string of the molecule is CCOC(=O)[C@@H]1C(=O)Nc2nc3ccccc3n2[C@H]1C(C)C. The lowest BCUT2D eigenvalue weighted by Gasteiger charge is -2.34. The van der Waals surface area contributed by atoms with E-state index in [4.69, 9.17) is 4.74 Å². The van der Waals surface area contributed by atoms with Crippen molar-refractivity contribution in [3.05, 3.63) is 24.3 Å². The number of imidazole rings is 1. The minimum absolute atomic E-state index is 0.0804. The quantitative estimate of drug-likeness (QED) is 0.697. The highest BCUT2D eigenvalue weighted by molar-refractivity contribution is 6.06. The van der Waals surface area contributed by atoms with Crippen LogP contribution in [0.3, 0.4) is 0 Å². The number of nitrogens with zero attached hydrogens (tertiary/aromatic N) is 2. The molecule has 1 aromatic heterocycles. The number of carbonyl (C=O) groups excluding carboxylic acids is 2. The predicted molar refractivity (Wildman–Crippen MR) is 82.4 cm³/mol. The van der Waals surface area contributed by atoms with Gasteiger partial charge in [-0.2, -0.15) is 0 Å². The lowest BCUT2D eigenvalue weighted by Crippen LogP contribution is -2.44. The maximum absolute atomic E-state index is 12.4. The minimum atomic E-state index is -0.856. The summed E-state index contributed by atoms with van der Waals surface area (Å²) in [5, 5.41) is 2.74. The maximum atomic E-state index is 12.4. The molecule has 3 rings (SSSR count). The molecule has 0 radical (unpaired) electrons. The van der Waals surface area contributed by atoms with Crippen molar-refractivity contribution in [3.63, 3.8) is 0 Å². The number of hydrogen-bond donors (Lipinski definition) is 1. The van der Waals surface area contributed by atoms with Crippen LogP contribution in [0.15, 0.2) is 24.3 Å². The summed E-state index contributed by atoms with van der Waals surface area (Å²) in [6, 6.07) is 7.35. The van der Waals surface area contributed by atoms with Crippen LogP contribution in [-0.2, 0) is 14.3 Å². The number of rotatable bonds is 3. The lowest BCUT2D eigenvalue weighted by molar-refractivity contribution is -0.154. The average molecular weight is 301 g/mol. The second-order valence-corrected chi connectivity index (χ2v) is 5.75. The molecule has 22 heavy (non-hydrogen) atoms. The third kappa shape index (κ3) is 2.15. The van der Waals surface area contributed by atoms with Crippen molar-refractivity contribution in [2.24, 2.45) is 11.8 Å². The fourth-order valence-electron chi connectivity index (χ4n) is 3.09. The first-order chi connectivity index (χ1) is 10.5. The summed E-state index contributed by atoms with van der Waals surface area (Å²) in [6.07, 6.45) is 0. The fraction of sp³-hybridized carbons (Fsp3) is 0.438. The first-order valence-corrected chi connectivity index (χ1v) is 7.49. The molecule has 0 spiro atoms. The number of hydrogen-bond acceptors (Lipinski definition) is 4. The van der Waals surface area contributed by atoms with Crippen molar-refractivity contribution in [1.29, 1.82) is 0 Å². The molecule has 6 nitrogen and oxygen atoms in total. The molecule has 2 heterocycles. The summed E-state index contributed by atoms with van der Waals surface area (Å²) in [7, 11) is 0. The Labute approximate surface area is 128 Å².